The Balaban J connectivity index is 0.000000120. The molecule has 32 heteroatoms. The van der Waals surface area contributed by atoms with Crippen molar-refractivity contribution in [2.24, 2.45) is 23.7 Å². The first-order valence-corrected chi connectivity index (χ1v) is 43.9. The molecule has 4 saturated carbocycles. The second kappa shape index (κ2) is 37.0. The fourth-order valence-corrected chi connectivity index (χ4v) is 21.4. The topological polar surface area (TPSA) is 328 Å². The molecule has 0 spiro atoms. The van der Waals surface area contributed by atoms with E-state index in [0.29, 0.717) is 200 Å². The van der Waals surface area contributed by atoms with Gasteiger partial charge in [0.2, 0.25) is 23.6 Å². The van der Waals surface area contributed by atoms with Crippen molar-refractivity contribution >= 4 is 46.4 Å². The minimum Gasteiger partial charge on any atom is -0.487 e. The molecule has 4 saturated heterocycles. The number of amides is 4. The van der Waals surface area contributed by atoms with Crippen LogP contribution in [0.5, 0.6) is 23.0 Å². The number of β-amino-alcohol motifs (C(OH)–C–C–N with tert-alkyl or cyclic N) is 8. The summed E-state index contributed by atoms with van der Waals surface area (Å²) >= 11 is 0. The van der Waals surface area contributed by atoms with Crippen molar-refractivity contribution < 1.29 is 114 Å². The lowest BCUT2D eigenvalue weighted by Gasteiger charge is -2.26. The number of hydrogen-bond donors (Lipinski definition) is 12. The Hall–Kier alpha value is -10.2. The summed E-state index contributed by atoms with van der Waals surface area (Å²) in [5, 5.41) is 97.7. The highest BCUT2D eigenvalue weighted by Gasteiger charge is 2.57. The van der Waals surface area contributed by atoms with E-state index < -0.39 is 93.4 Å². The third-order valence-corrected chi connectivity index (χ3v) is 27.6. The van der Waals surface area contributed by atoms with Gasteiger partial charge in [0, 0.05) is 154 Å². The van der Waals surface area contributed by atoms with Crippen molar-refractivity contribution in [2.75, 3.05) is 99.8 Å². The molecule has 8 fully saturated rings. The summed E-state index contributed by atoms with van der Waals surface area (Å²) in [5.74, 6) is -4.08. The van der Waals surface area contributed by atoms with Crippen LogP contribution in [0, 0.1) is 70.2 Å². The lowest BCUT2D eigenvalue weighted by molar-refractivity contribution is -0.117. The maximum Gasteiger partial charge on any atom is 0.224 e. The van der Waals surface area contributed by atoms with Crippen molar-refractivity contribution in [2.45, 2.75) is 174 Å². The third-order valence-electron chi connectivity index (χ3n) is 27.6. The number of nitrogens with one attached hydrogen (secondary N) is 4. The summed E-state index contributed by atoms with van der Waals surface area (Å²) in [6, 6.07) is 37.0. The van der Waals surface area contributed by atoms with E-state index in [-0.39, 0.29) is 144 Å². The number of rotatable bonds is 20. The largest absolute Gasteiger partial charge is 0.487 e. The number of anilines is 4. The Labute approximate surface area is 733 Å². The normalized spacial score (nSPS) is 28.2. The molecule has 12 aliphatic rings. The number of nitrogens with zero attached hydrogens (tertiary/aromatic N) is 4. The minimum absolute atomic E-state index is 0.0399. The monoisotopic (exact) mass is 1780 g/mol. The SMILES string of the molecule is O=C1CCc2cc([C@@H](O)CN3C[C@@H]4C[C@@H](Oc5ccccc5F)C[C@]4(O)C3)cc(F)c2N1.O=C1CCc2cc([C@@H](O)CN3C[C@H]4C[C@H](Oc5ccccc5F)C[C@@]4(O)C3)cc(F)c2N1.O=C1CCc2cc([C@H](O)CN3C[C@@H]4C[C@@H](Oc5ccccc5F)C[C@]4(O)C3)cc(F)c2N1.O=C1CCc2cc([C@H](O)CN3C[C@H]4C[C@H](Oc5ccccc5F)C[C@@]4(O)C3)cc(F)c2N1. The molecule has 24 nitrogen and oxygen atoms in total. The highest BCUT2D eigenvalue weighted by atomic mass is 19.2. The summed E-state index contributed by atoms with van der Waals surface area (Å²) in [7, 11) is 0. The van der Waals surface area contributed by atoms with E-state index in [1.807, 2.05) is 19.6 Å². The van der Waals surface area contributed by atoms with Gasteiger partial charge in [0.15, 0.2) is 46.3 Å². The molecular weight excluding hydrogens is 1670 g/mol. The number of benzene rings is 8. The number of halogens is 8. The van der Waals surface area contributed by atoms with E-state index in [1.165, 1.54) is 48.5 Å². The molecule has 0 aromatic heterocycles. The number of aryl methyl sites for hydroxylation is 4. The Morgan fingerprint density at radius 2 is 0.508 bits per heavy atom. The van der Waals surface area contributed by atoms with Gasteiger partial charge in [-0.2, -0.15) is 0 Å². The first-order valence-electron chi connectivity index (χ1n) is 43.9. The minimum atomic E-state index is -0.957. The molecule has 0 bridgehead atoms. The van der Waals surface area contributed by atoms with Crippen LogP contribution in [0.4, 0.5) is 57.9 Å². The summed E-state index contributed by atoms with van der Waals surface area (Å²) in [6.45, 7) is 4.86. The molecule has 8 heterocycles. The van der Waals surface area contributed by atoms with E-state index in [1.54, 1.807) is 97.1 Å². The summed E-state index contributed by atoms with van der Waals surface area (Å²) in [4.78, 5) is 54.0. The van der Waals surface area contributed by atoms with Gasteiger partial charge in [0.25, 0.3) is 0 Å². The molecule has 8 aliphatic heterocycles. The van der Waals surface area contributed by atoms with Crippen LogP contribution in [-0.2, 0) is 44.9 Å². The van der Waals surface area contributed by atoms with Crippen LogP contribution in [0.1, 0.15) is 146 Å². The van der Waals surface area contributed by atoms with E-state index in [9.17, 15) is 95.2 Å². The van der Waals surface area contributed by atoms with Crippen molar-refractivity contribution in [3.8, 4) is 23.0 Å². The highest BCUT2D eigenvalue weighted by molar-refractivity contribution is 5.96. The van der Waals surface area contributed by atoms with Gasteiger partial charge in [-0.15, -0.1) is 0 Å². The van der Waals surface area contributed by atoms with Crippen LogP contribution in [0.3, 0.4) is 0 Å². The molecule has 0 radical (unpaired) electrons. The maximum atomic E-state index is 14.5. The number of carbonyl (C=O) groups is 4. The lowest BCUT2D eigenvalue weighted by atomic mass is 9.95. The van der Waals surface area contributed by atoms with Gasteiger partial charge in [0.05, 0.1) is 69.6 Å². The zero-order chi connectivity index (χ0) is 89.8. The molecule has 0 unspecified atom stereocenters. The van der Waals surface area contributed by atoms with Crippen molar-refractivity contribution in [1.82, 2.24) is 19.6 Å². The van der Waals surface area contributed by atoms with Crippen LogP contribution in [0.15, 0.2) is 146 Å². The van der Waals surface area contributed by atoms with E-state index >= 15 is 0 Å². The van der Waals surface area contributed by atoms with Crippen molar-refractivity contribution in [1.29, 1.82) is 0 Å². The van der Waals surface area contributed by atoms with Crippen LogP contribution >= 0.6 is 0 Å². The molecule has 8 aromatic rings. The lowest BCUT2D eigenvalue weighted by Crippen LogP contribution is -2.36. The zero-order valence-corrected chi connectivity index (χ0v) is 70.2. The molecule has 4 amide bonds. The fraction of sp³-hybridized carbons (Fsp3) is 0.458. The van der Waals surface area contributed by atoms with E-state index in [4.69, 9.17) is 18.9 Å². The van der Waals surface area contributed by atoms with Gasteiger partial charge >= 0.3 is 0 Å². The van der Waals surface area contributed by atoms with Gasteiger partial charge in [0.1, 0.15) is 47.7 Å². The van der Waals surface area contributed by atoms with Crippen molar-refractivity contribution in [3.63, 3.8) is 0 Å². The van der Waals surface area contributed by atoms with Crippen LogP contribution in [0.25, 0.3) is 0 Å². The Morgan fingerprint density at radius 1 is 0.305 bits per heavy atom. The van der Waals surface area contributed by atoms with Gasteiger partial charge in [-0.3, -0.25) is 38.8 Å². The quantitative estimate of drug-likeness (QED) is 0.0315. The van der Waals surface area contributed by atoms with E-state index in [0.717, 1.165) is 0 Å². The Morgan fingerprint density at radius 3 is 0.703 bits per heavy atom. The number of fused-ring (bicyclic) bond motifs is 8. The number of ether oxygens (including phenoxy) is 4. The summed E-state index contributed by atoms with van der Waals surface area (Å²) in [6.07, 6.45) is 2.19. The highest BCUT2D eigenvalue weighted by Crippen LogP contribution is 2.50. The number of hydrogen-bond acceptors (Lipinski definition) is 20. The van der Waals surface area contributed by atoms with Crippen molar-refractivity contribution in [3.05, 3.63) is 237 Å². The third kappa shape index (κ3) is 19.8. The van der Waals surface area contributed by atoms with Crippen LogP contribution < -0.4 is 40.2 Å². The van der Waals surface area contributed by atoms with Crippen LogP contribution in [-0.4, -0.2) is 209 Å². The van der Waals surface area contributed by atoms with Gasteiger partial charge in [-0.05, 0) is 169 Å². The van der Waals surface area contributed by atoms with Crippen LogP contribution in [0.2, 0.25) is 0 Å². The number of aliphatic hydroxyl groups is 8. The molecule has 680 valence electrons. The van der Waals surface area contributed by atoms with Gasteiger partial charge in [-0.1, -0.05) is 72.8 Å². The summed E-state index contributed by atoms with van der Waals surface area (Å²) in [5.41, 5.74) is 1.54. The number of aliphatic hydroxyl groups excluding tert-OH is 4. The molecule has 20 rings (SSSR count). The average molecular weight is 1780 g/mol. The predicted molar refractivity (Wildman–Crippen MR) is 453 cm³/mol. The van der Waals surface area contributed by atoms with E-state index in [2.05, 4.69) is 21.3 Å². The molecule has 128 heavy (non-hydrogen) atoms. The standard InChI is InChI=1S/4C24H26F2N2O4/c4*25-18-3-1-2-4-21(18)32-17-9-16-11-28(13-24(16,31)10-17)12-20(29)15-7-14-5-6-22(30)27-23(14)19(26)8-15/h4*1-4,7-8,16-17,20,29,31H,5-6,9-13H2,(H,27,30)/t2*16-,17+,20+,24-;2*16-,17+,20-,24-/m1010/s1. The van der Waals surface area contributed by atoms with Gasteiger partial charge < -0.3 is 81.1 Å². The van der Waals surface area contributed by atoms with Gasteiger partial charge in [-0.25, -0.2) is 35.1 Å². The zero-order valence-electron chi connectivity index (χ0n) is 70.2. The molecule has 8 aromatic carbocycles. The first-order chi connectivity index (χ1) is 61.2. The Kier molecular flexibility index (Phi) is 25.9. The smallest absolute Gasteiger partial charge is 0.224 e. The molecule has 4 aliphatic carbocycles. The maximum absolute atomic E-state index is 14.5. The average Bonchev–Trinajstić information content (AvgIpc) is 1.64. The molecule has 12 N–H and O–H groups in total. The number of carbonyl (C=O) groups excluding carboxylic acids is 4. The fourth-order valence-electron chi connectivity index (χ4n) is 21.4. The Bertz CT molecular complexity index is 4850. The molecular formula is C96H104F8N8O16. The predicted octanol–water partition coefficient (Wildman–Crippen LogP) is 11.1. The molecule has 16 atom stereocenters. The summed E-state index contributed by atoms with van der Waals surface area (Å²) < 4.78 is 137. The number of para-hydroxylation sites is 4. The first kappa shape index (κ1) is 89.8. The number of likely N-dealkylation sites (tertiary alicyclic amines) is 4. The second-order valence-corrected chi connectivity index (χ2v) is 36.8. The second-order valence-electron chi connectivity index (χ2n) is 36.8.